The average Bonchev–Trinajstić information content (AvgIpc) is 2.74. The summed E-state index contributed by atoms with van der Waals surface area (Å²) in [6.45, 7) is -0.227. The summed E-state index contributed by atoms with van der Waals surface area (Å²) in [5.74, 6) is -3.38. The summed E-state index contributed by atoms with van der Waals surface area (Å²) in [6, 6.07) is 0. The van der Waals surface area contributed by atoms with Gasteiger partial charge in [-0.2, -0.15) is 13.2 Å². The predicted molar refractivity (Wildman–Crippen MR) is 56.8 cm³/mol. The number of aliphatic carboxylic acids is 1. The van der Waals surface area contributed by atoms with E-state index in [1.165, 1.54) is 0 Å². The number of amides is 1. The first-order chi connectivity index (χ1) is 8.30. The van der Waals surface area contributed by atoms with Crippen molar-refractivity contribution in [3.05, 3.63) is 0 Å². The third kappa shape index (κ3) is 4.54. The number of alkyl halides is 3. The van der Waals surface area contributed by atoms with Crippen LogP contribution in [0.3, 0.4) is 0 Å². The number of hydrogen-bond donors (Lipinski definition) is 2. The van der Waals surface area contributed by atoms with Crippen LogP contribution in [0.5, 0.6) is 0 Å². The molecule has 0 bridgehead atoms. The SMILES string of the molecule is O=C(O)CC(CNC(=O)C(F)(F)F)C1CCCC1. The number of carboxylic acids is 1. The van der Waals surface area contributed by atoms with Gasteiger partial charge in [0.25, 0.3) is 0 Å². The van der Waals surface area contributed by atoms with Crippen LogP contribution in [-0.2, 0) is 9.59 Å². The third-order valence-electron chi connectivity index (χ3n) is 3.29. The molecule has 1 unspecified atom stereocenters. The van der Waals surface area contributed by atoms with Crippen molar-refractivity contribution in [3.63, 3.8) is 0 Å². The van der Waals surface area contributed by atoms with Gasteiger partial charge in [0.15, 0.2) is 0 Å². The highest BCUT2D eigenvalue weighted by atomic mass is 19.4. The molecule has 0 aromatic rings. The summed E-state index contributed by atoms with van der Waals surface area (Å²) in [7, 11) is 0. The molecule has 0 radical (unpaired) electrons. The predicted octanol–water partition coefficient (Wildman–Crippen LogP) is 1.95. The number of hydrogen-bond acceptors (Lipinski definition) is 2. The van der Waals surface area contributed by atoms with E-state index in [0.717, 1.165) is 25.7 Å². The minimum absolute atomic E-state index is 0.0923. The molecule has 1 aliphatic rings. The number of carboxylic acid groups (broad SMARTS) is 1. The molecule has 104 valence electrons. The molecule has 0 spiro atoms. The van der Waals surface area contributed by atoms with Gasteiger partial charge in [0.05, 0.1) is 6.42 Å². The van der Waals surface area contributed by atoms with Gasteiger partial charge in [0.2, 0.25) is 0 Å². The fourth-order valence-electron chi connectivity index (χ4n) is 2.38. The topological polar surface area (TPSA) is 66.4 Å². The first-order valence-corrected chi connectivity index (χ1v) is 5.87. The number of halogens is 3. The normalized spacial score (nSPS) is 18.6. The third-order valence-corrected chi connectivity index (χ3v) is 3.29. The number of rotatable bonds is 5. The Labute approximate surface area is 103 Å². The number of carbonyl (C=O) groups excluding carboxylic acids is 1. The Morgan fingerprint density at radius 1 is 1.28 bits per heavy atom. The molecular weight excluding hydrogens is 251 g/mol. The standard InChI is InChI=1S/C11H16F3NO3/c12-11(13,14)10(18)15-6-8(5-9(16)17)7-3-1-2-4-7/h7-8H,1-6H2,(H,15,18)(H,16,17). The van der Waals surface area contributed by atoms with E-state index in [2.05, 4.69) is 0 Å². The molecule has 1 rings (SSSR count). The van der Waals surface area contributed by atoms with Crippen molar-refractivity contribution in [3.8, 4) is 0 Å². The summed E-state index contributed by atoms with van der Waals surface area (Å²) >= 11 is 0. The minimum Gasteiger partial charge on any atom is -0.481 e. The first-order valence-electron chi connectivity index (χ1n) is 5.87. The average molecular weight is 267 g/mol. The molecule has 4 nitrogen and oxygen atoms in total. The van der Waals surface area contributed by atoms with Crippen molar-refractivity contribution in [1.82, 2.24) is 5.32 Å². The summed E-state index contributed by atoms with van der Waals surface area (Å²) < 4.78 is 36.0. The molecule has 1 aliphatic carbocycles. The summed E-state index contributed by atoms with van der Waals surface area (Å²) in [6.07, 6.45) is -1.55. The molecule has 0 saturated heterocycles. The zero-order chi connectivity index (χ0) is 13.8. The van der Waals surface area contributed by atoms with Gasteiger partial charge in [-0.05, 0) is 11.8 Å². The highest BCUT2D eigenvalue weighted by Gasteiger charge is 2.39. The lowest BCUT2D eigenvalue weighted by molar-refractivity contribution is -0.173. The molecule has 0 aromatic heterocycles. The number of nitrogens with one attached hydrogen (secondary N) is 1. The van der Waals surface area contributed by atoms with E-state index in [0.29, 0.717) is 0 Å². The van der Waals surface area contributed by atoms with Gasteiger partial charge in [-0.25, -0.2) is 0 Å². The smallest absolute Gasteiger partial charge is 0.471 e. The van der Waals surface area contributed by atoms with Gasteiger partial charge in [-0.3, -0.25) is 9.59 Å². The molecule has 0 heterocycles. The van der Waals surface area contributed by atoms with Crippen molar-refractivity contribution in [1.29, 1.82) is 0 Å². The molecule has 7 heteroatoms. The Balaban J connectivity index is 2.50. The first kappa shape index (κ1) is 14.8. The Morgan fingerprint density at radius 3 is 2.28 bits per heavy atom. The quantitative estimate of drug-likeness (QED) is 0.800. The van der Waals surface area contributed by atoms with Crippen molar-refractivity contribution in [2.75, 3.05) is 6.54 Å². The van der Waals surface area contributed by atoms with E-state index in [4.69, 9.17) is 5.11 Å². The Morgan fingerprint density at radius 2 is 1.83 bits per heavy atom. The van der Waals surface area contributed by atoms with E-state index in [1.807, 2.05) is 0 Å². The molecule has 2 N–H and O–H groups in total. The fraction of sp³-hybridized carbons (Fsp3) is 0.818. The van der Waals surface area contributed by atoms with Gasteiger partial charge in [0.1, 0.15) is 0 Å². The molecule has 1 saturated carbocycles. The van der Waals surface area contributed by atoms with Crippen LogP contribution in [0.25, 0.3) is 0 Å². The second-order valence-corrected chi connectivity index (χ2v) is 4.61. The monoisotopic (exact) mass is 267 g/mol. The zero-order valence-corrected chi connectivity index (χ0v) is 9.79. The fourth-order valence-corrected chi connectivity index (χ4v) is 2.38. The van der Waals surface area contributed by atoms with E-state index in [-0.39, 0.29) is 18.9 Å². The van der Waals surface area contributed by atoms with Crippen LogP contribution in [0.4, 0.5) is 13.2 Å². The van der Waals surface area contributed by atoms with Crippen LogP contribution in [0.15, 0.2) is 0 Å². The highest BCUT2D eigenvalue weighted by Crippen LogP contribution is 2.33. The van der Waals surface area contributed by atoms with Crippen LogP contribution < -0.4 is 5.32 Å². The van der Waals surface area contributed by atoms with Crippen molar-refractivity contribution in [2.24, 2.45) is 11.8 Å². The van der Waals surface area contributed by atoms with Crippen LogP contribution in [-0.4, -0.2) is 29.7 Å². The van der Waals surface area contributed by atoms with Gasteiger partial charge < -0.3 is 10.4 Å². The lowest BCUT2D eigenvalue weighted by atomic mass is 9.88. The second-order valence-electron chi connectivity index (χ2n) is 4.61. The largest absolute Gasteiger partial charge is 0.481 e. The molecule has 18 heavy (non-hydrogen) atoms. The molecule has 1 amide bonds. The molecule has 1 fully saturated rings. The van der Waals surface area contributed by atoms with Gasteiger partial charge >= 0.3 is 18.1 Å². The van der Waals surface area contributed by atoms with Crippen molar-refractivity contribution < 1.29 is 27.9 Å². The van der Waals surface area contributed by atoms with Crippen molar-refractivity contribution >= 4 is 11.9 Å². The lowest BCUT2D eigenvalue weighted by Gasteiger charge is -2.22. The Bertz CT molecular complexity index is 311. The van der Waals surface area contributed by atoms with E-state index in [9.17, 15) is 22.8 Å². The molecule has 0 aliphatic heterocycles. The van der Waals surface area contributed by atoms with Crippen LogP contribution in [0.2, 0.25) is 0 Å². The van der Waals surface area contributed by atoms with Crippen LogP contribution >= 0.6 is 0 Å². The Kier molecular flexibility index (Phi) is 4.98. The van der Waals surface area contributed by atoms with E-state index in [1.54, 1.807) is 5.32 Å². The zero-order valence-electron chi connectivity index (χ0n) is 9.79. The molecular formula is C11H16F3NO3. The summed E-state index contributed by atoms with van der Waals surface area (Å²) in [4.78, 5) is 21.4. The summed E-state index contributed by atoms with van der Waals surface area (Å²) in [5.41, 5.74) is 0. The summed E-state index contributed by atoms with van der Waals surface area (Å²) in [5, 5.41) is 10.5. The van der Waals surface area contributed by atoms with Gasteiger partial charge in [0, 0.05) is 6.54 Å². The van der Waals surface area contributed by atoms with E-state index >= 15 is 0 Å². The van der Waals surface area contributed by atoms with Crippen molar-refractivity contribution in [2.45, 2.75) is 38.3 Å². The second kappa shape index (κ2) is 6.06. The Hall–Kier alpha value is -1.27. The number of carbonyl (C=O) groups is 2. The van der Waals surface area contributed by atoms with E-state index < -0.39 is 24.0 Å². The molecule has 1 atom stereocenters. The van der Waals surface area contributed by atoms with Gasteiger partial charge in [-0.15, -0.1) is 0 Å². The van der Waals surface area contributed by atoms with Crippen LogP contribution in [0, 0.1) is 11.8 Å². The minimum atomic E-state index is -4.91. The van der Waals surface area contributed by atoms with Crippen LogP contribution in [0.1, 0.15) is 32.1 Å². The lowest BCUT2D eigenvalue weighted by Crippen LogP contribution is -2.41. The maximum Gasteiger partial charge on any atom is 0.471 e. The maximum atomic E-state index is 12.0. The highest BCUT2D eigenvalue weighted by molar-refractivity contribution is 5.81. The van der Waals surface area contributed by atoms with Gasteiger partial charge in [-0.1, -0.05) is 25.7 Å². The molecule has 0 aromatic carbocycles. The maximum absolute atomic E-state index is 12.0.